The lowest BCUT2D eigenvalue weighted by Crippen LogP contribution is -2.13. The third-order valence-electron chi connectivity index (χ3n) is 3.68. The number of nitrogens with one attached hydrogen (secondary N) is 2. The monoisotopic (exact) mass is 280 g/mol. The summed E-state index contributed by atoms with van der Waals surface area (Å²) in [6.07, 6.45) is 2.06. The molecular weight excluding hydrogens is 260 g/mol. The van der Waals surface area contributed by atoms with Gasteiger partial charge in [0, 0.05) is 23.8 Å². The molecule has 0 atom stereocenters. The Labute approximate surface area is 125 Å². The topological polar surface area (TPSA) is 41.1 Å². The van der Waals surface area contributed by atoms with Crippen LogP contribution in [0.2, 0.25) is 0 Å². The van der Waals surface area contributed by atoms with Gasteiger partial charge in [0.2, 0.25) is 5.91 Å². The Balaban J connectivity index is 1.55. The molecule has 3 nitrogen and oxygen atoms in total. The van der Waals surface area contributed by atoms with Crippen LogP contribution in [0.25, 0.3) is 0 Å². The number of benzene rings is 2. The molecule has 0 aromatic heterocycles. The maximum absolute atomic E-state index is 11.7. The molecule has 2 aromatic rings. The van der Waals surface area contributed by atoms with Crippen LogP contribution in [-0.2, 0) is 11.3 Å². The zero-order chi connectivity index (χ0) is 14.7. The Morgan fingerprint density at radius 2 is 1.81 bits per heavy atom. The molecule has 1 fully saturated rings. The molecule has 0 radical (unpaired) electrons. The summed E-state index contributed by atoms with van der Waals surface area (Å²) in [6.45, 7) is 2.90. The van der Waals surface area contributed by atoms with E-state index in [9.17, 15) is 4.79 Å². The van der Waals surface area contributed by atoms with Crippen LogP contribution in [0.3, 0.4) is 0 Å². The molecule has 1 aliphatic carbocycles. The molecule has 2 N–H and O–H groups in total. The largest absolute Gasteiger partial charge is 0.381 e. The minimum absolute atomic E-state index is 0.149. The first-order chi connectivity index (χ1) is 10.2. The van der Waals surface area contributed by atoms with Crippen molar-refractivity contribution in [1.82, 2.24) is 0 Å². The molecule has 2 aromatic carbocycles. The smallest absolute Gasteiger partial charge is 0.227 e. The molecule has 0 bridgehead atoms. The van der Waals surface area contributed by atoms with Crippen LogP contribution in [0, 0.1) is 12.8 Å². The molecule has 0 unspecified atom stereocenters. The normalized spacial score (nSPS) is 13.8. The van der Waals surface area contributed by atoms with Gasteiger partial charge < -0.3 is 10.6 Å². The summed E-state index contributed by atoms with van der Waals surface area (Å²) in [7, 11) is 0. The summed E-state index contributed by atoms with van der Waals surface area (Å²) >= 11 is 0. The van der Waals surface area contributed by atoms with Gasteiger partial charge in [-0.1, -0.05) is 29.8 Å². The fourth-order valence-corrected chi connectivity index (χ4v) is 2.29. The number of carbonyl (C=O) groups is 1. The molecule has 1 aliphatic rings. The predicted octanol–water partition coefficient (Wildman–Crippen LogP) is 3.96. The van der Waals surface area contributed by atoms with Crippen LogP contribution in [0.4, 0.5) is 11.4 Å². The first-order valence-electron chi connectivity index (χ1n) is 7.41. The van der Waals surface area contributed by atoms with E-state index in [1.807, 2.05) is 24.3 Å². The second-order valence-corrected chi connectivity index (χ2v) is 5.68. The third-order valence-corrected chi connectivity index (χ3v) is 3.68. The quantitative estimate of drug-likeness (QED) is 0.870. The summed E-state index contributed by atoms with van der Waals surface area (Å²) in [6, 6.07) is 16.3. The number of hydrogen-bond acceptors (Lipinski definition) is 2. The van der Waals surface area contributed by atoms with Gasteiger partial charge in [-0.3, -0.25) is 4.79 Å². The van der Waals surface area contributed by atoms with Crippen molar-refractivity contribution < 1.29 is 4.79 Å². The van der Waals surface area contributed by atoms with Crippen LogP contribution in [0.1, 0.15) is 24.0 Å². The molecule has 108 valence electrons. The van der Waals surface area contributed by atoms with Gasteiger partial charge in [-0.15, -0.1) is 0 Å². The second kappa shape index (κ2) is 6.00. The van der Waals surface area contributed by atoms with E-state index >= 15 is 0 Å². The van der Waals surface area contributed by atoms with Crippen LogP contribution >= 0.6 is 0 Å². The van der Waals surface area contributed by atoms with E-state index in [0.717, 1.165) is 30.8 Å². The van der Waals surface area contributed by atoms with E-state index in [-0.39, 0.29) is 11.8 Å². The molecule has 1 amide bonds. The van der Waals surface area contributed by atoms with Crippen molar-refractivity contribution in [1.29, 1.82) is 0 Å². The highest BCUT2D eigenvalue weighted by Crippen LogP contribution is 2.30. The Morgan fingerprint density at radius 3 is 2.48 bits per heavy atom. The minimum atomic E-state index is 0.149. The number of carbonyl (C=O) groups excluding carboxylic acids is 1. The maximum atomic E-state index is 11.7. The van der Waals surface area contributed by atoms with Gasteiger partial charge in [0.15, 0.2) is 0 Å². The molecule has 1 saturated carbocycles. The second-order valence-electron chi connectivity index (χ2n) is 5.68. The van der Waals surface area contributed by atoms with Crippen molar-refractivity contribution in [3.8, 4) is 0 Å². The molecular formula is C18H20N2O. The molecule has 3 rings (SSSR count). The van der Waals surface area contributed by atoms with Gasteiger partial charge in [-0.25, -0.2) is 0 Å². The van der Waals surface area contributed by atoms with Crippen LogP contribution < -0.4 is 10.6 Å². The lowest BCUT2D eigenvalue weighted by molar-refractivity contribution is -0.117. The number of amides is 1. The number of aryl methyl sites for hydroxylation is 1. The van der Waals surface area contributed by atoms with E-state index in [1.54, 1.807) is 0 Å². The maximum Gasteiger partial charge on any atom is 0.227 e. The zero-order valence-electron chi connectivity index (χ0n) is 12.2. The van der Waals surface area contributed by atoms with Gasteiger partial charge in [0.1, 0.15) is 0 Å². The molecule has 3 heteroatoms. The van der Waals surface area contributed by atoms with E-state index < -0.39 is 0 Å². The van der Waals surface area contributed by atoms with Gasteiger partial charge >= 0.3 is 0 Å². The van der Waals surface area contributed by atoms with Crippen molar-refractivity contribution in [2.45, 2.75) is 26.3 Å². The number of rotatable bonds is 5. The summed E-state index contributed by atoms with van der Waals surface area (Å²) in [5.74, 6) is 0.389. The molecule has 0 saturated heterocycles. The average molecular weight is 280 g/mol. The van der Waals surface area contributed by atoms with E-state index in [0.29, 0.717) is 0 Å². The summed E-state index contributed by atoms with van der Waals surface area (Å²) in [5, 5.41) is 6.34. The van der Waals surface area contributed by atoms with E-state index in [4.69, 9.17) is 0 Å². The lowest BCUT2D eigenvalue weighted by atomic mass is 10.1. The molecule has 0 aliphatic heterocycles. The van der Waals surface area contributed by atoms with E-state index in [2.05, 4.69) is 41.8 Å². The van der Waals surface area contributed by atoms with Gasteiger partial charge in [0.05, 0.1) is 0 Å². The molecule has 0 heterocycles. The van der Waals surface area contributed by atoms with Crippen molar-refractivity contribution >= 4 is 17.3 Å². The zero-order valence-corrected chi connectivity index (χ0v) is 12.2. The van der Waals surface area contributed by atoms with Gasteiger partial charge in [-0.2, -0.15) is 0 Å². The average Bonchev–Trinajstić information content (AvgIpc) is 3.31. The van der Waals surface area contributed by atoms with Crippen molar-refractivity contribution in [3.05, 3.63) is 59.7 Å². The minimum Gasteiger partial charge on any atom is -0.381 e. The third kappa shape index (κ3) is 3.85. The van der Waals surface area contributed by atoms with Crippen molar-refractivity contribution in [2.24, 2.45) is 5.92 Å². The summed E-state index contributed by atoms with van der Waals surface area (Å²) in [4.78, 5) is 11.7. The molecule has 21 heavy (non-hydrogen) atoms. The lowest BCUT2D eigenvalue weighted by Gasteiger charge is -2.09. The fraction of sp³-hybridized carbons (Fsp3) is 0.278. The highest BCUT2D eigenvalue weighted by molar-refractivity contribution is 5.94. The Bertz CT molecular complexity index is 630. The first-order valence-corrected chi connectivity index (χ1v) is 7.41. The number of anilines is 2. The highest BCUT2D eigenvalue weighted by atomic mass is 16.2. The standard InChI is InChI=1S/C18H20N2O/c1-13-3-2-4-14(11-13)12-19-16-7-9-17(10-8-16)20-18(21)15-5-6-15/h2-4,7-11,15,19H,5-6,12H2,1H3,(H,20,21). The Hall–Kier alpha value is -2.29. The number of hydrogen-bond donors (Lipinski definition) is 2. The van der Waals surface area contributed by atoms with Crippen LogP contribution in [-0.4, -0.2) is 5.91 Å². The van der Waals surface area contributed by atoms with Gasteiger partial charge in [0.25, 0.3) is 0 Å². The predicted molar refractivity (Wildman–Crippen MR) is 86.3 cm³/mol. The highest BCUT2D eigenvalue weighted by Gasteiger charge is 2.29. The van der Waals surface area contributed by atoms with Gasteiger partial charge in [-0.05, 0) is 49.6 Å². The molecule has 0 spiro atoms. The first kappa shape index (κ1) is 13.7. The SMILES string of the molecule is Cc1cccc(CNc2ccc(NC(=O)C3CC3)cc2)c1. The van der Waals surface area contributed by atoms with E-state index in [1.165, 1.54) is 11.1 Å². The Kier molecular flexibility index (Phi) is 3.91. The summed E-state index contributed by atoms with van der Waals surface area (Å²) in [5.41, 5.74) is 4.46. The fourth-order valence-electron chi connectivity index (χ4n) is 2.29. The Morgan fingerprint density at radius 1 is 1.10 bits per heavy atom. The van der Waals surface area contributed by atoms with Crippen LogP contribution in [0.5, 0.6) is 0 Å². The van der Waals surface area contributed by atoms with Crippen molar-refractivity contribution in [3.63, 3.8) is 0 Å². The van der Waals surface area contributed by atoms with Crippen molar-refractivity contribution in [2.75, 3.05) is 10.6 Å². The summed E-state index contributed by atoms with van der Waals surface area (Å²) < 4.78 is 0. The van der Waals surface area contributed by atoms with Crippen LogP contribution in [0.15, 0.2) is 48.5 Å².